The van der Waals surface area contributed by atoms with Gasteiger partial charge in [-0.2, -0.15) is 4.98 Å². The number of aromatic nitrogens is 2. The van der Waals surface area contributed by atoms with Crippen LogP contribution in [0.2, 0.25) is 15.1 Å². The van der Waals surface area contributed by atoms with Crippen LogP contribution in [0.25, 0.3) is 22.7 Å². The van der Waals surface area contributed by atoms with Gasteiger partial charge in [-0.25, -0.2) is 4.98 Å². The fraction of sp³-hybridized carbons (Fsp3) is 0.0952. The molecule has 0 saturated heterocycles. The molecule has 0 saturated carbocycles. The minimum Gasteiger partial charge on any atom is -0.494 e. The van der Waals surface area contributed by atoms with E-state index in [2.05, 4.69) is 15.3 Å². The summed E-state index contributed by atoms with van der Waals surface area (Å²) in [5.41, 5.74) is 2.05. The lowest BCUT2D eigenvalue weighted by Gasteiger charge is -2.14. The van der Waals surface area contributed by atoms with Crippen LogP contribution < -0.4 is 14.8 Å². The third-order valence-electron chi connectivity index (χ3n) is 4.37. The highest BCUT2D eigenvalue weighted by molar-refractivity contribution is 6.38. The number of amides is 1. The van der Waals surface area contributed by atoms with E-state index in [9.17, 15) is 4.79 Å². The lowest BCUT2D eigenvalue weighted by atomic mass is 10.1. The third kappa shape index (κ3) is 4.12. The van der Waals surface area contributed by atoms with Gasteiger partial charge >= 0.3 is 0 Å². The number of hydrogen-bond acceptors (Lipinski definition) is 6. The van der Waals surface area contributed by atoms with Crippen molar-refractivity contribution in [2.75, 3.05) is 19.5 Å². The van der Waals surface area contributed by atoms with Crippen molar-refractivity contribution in [3.8, 4) is 23.0 Å². The van der Waals surface area contributed by atoms with Gasteiger partial charge in [0.25, 0.3) is 5.91 Å². The van der Waals surface area contributed by atoms with E-state index in [1.807, 2.05) is 0 Å². The molecule has 158 valence electrons. The Kier molecular flexibility index (Phi) is 5.91. The topological polar surface area (TPSA) is 86.5 Å². The van der Waals surface area contributed by atoms with Crippen LogP contribution in [0.3, 0.4) is 0 Å². The van der Waals surface area contributed by atoms with Crippen molar-refractivity contribution in [1.82, 2.24) is 9.97 Å². The standard InChI is InChI=1S/C21H14Cl3N3O4/c1-29-17-12(22)6-10(7-13(17)23)20(28)26-15-9-11(8-14(24)18(15)30-2)21-27-19-16(31-21)4-3-5-25-19/h3-9H,1-2H3,(H,26,28). The summed E-state index contributed by atoms with van der Waals surface area (Å²) in [6.07, 6.45) is 1.62. The molecule has 0 fully saturated rings. The molecule has 0 unspecified atom stereocenters. The van der Waals surface area contributed by atoms with E-state index in [0.29, 0.717) is 28.4 Å². The minimum absolute atomic E-state index is 0.206. The first-order valence-corrected chi connectivity index (χ1v) is 9.98. The number of methoxy groups -OCH3 is 2. The number of benzene rings is 2. The summed E-state index contributed by atoms with van der Waals surface area (Å²) in [6, 6.07) is 9.67. The van der Waals surface area contributed by atoms with Crippen LogP contribution in [-0.2, 0) is 0 Å². The maximum Gasteiger partial charge on any atom is 0.255 e. The third-order valence-corrected chi connectivity index (χ3v) is 5.21. The molecule has 0 aliphatic rings. The number of nitrogens with one attached hydrogen (secondary N) is 1. The monoisotopic (exact) mass is 477 g/mol. The van der Waals surface area contributed by atoms with E-state index in [4.69, 9.17) is 48.7 Å². The largest absolute Gasteiger partial charge is 0.494 e. The number of fused-ring (bicyclic) bond motifs is 1. The molecule has 10 heteroatoms. The Hall–Kier alpha value is -3.00. The molecule has 2 aromatic heterocycles. The molecule has 1 amide bonds. The van der Waals surface area contributed by atoms with Crippen LogP contribution in [0.1, 0.15) is 10.4 Å². The van der Waals surface area contributed by atoms with Gasteiger partial charge in [0.2, 0.25) is 5.89 Å². The SMILES string of the molecule is COc1c(Cl)cc(C(=O)Nc2cc(-c3nc4ncccc4o3)cc(Cl)c2OC)cc1Cl. The van der Waals surface area contributed by atoms with E-state index in [-0.39, 0.29) is 32.1 Å². The van der Waals surface area contributed by atoms with Gasteiger partial charge in [0.05, 0.1) is 35.0 Å². The summed E-state index contributed by atoms with van der Waals surface area (Å²) in [4.78, 5) is 21.4. The van der Waals surface area contributed by atoms with Gasteiger partial charge in [0.15, 0.2) is 22.7 Å². The van der Waals surface area contributed by atoms with Crippen molar-refractivity contribution in [1.29, 1.82) is 0 Å². The van der Waals surface area contributed by atoms with Crippen LogP contribution in [0, 0.1) is 0 Å². The zero-order valence-corrected chi connectivity index (χ0v) is 18.5. The molecule has 4 rings (SSSR count). The lowest BCUT2D eigenvalue weighted by Crippen LogP contribution is -2.13. The van der Waals surface area contributed by atoms with Gasteiger partial charge < -0.3 is 19.2 Å². The van der Waals surface area contributed by atoms with Crippen molar-refractivity contribution < 1.29 is 18.7 Å². The molecule has 0 aliphatic heterocycles. The Morgan fingerprint density at radius 2 is 1.68 bits per heavy atom. The summed E-state index contributed by atoms with van der Waals surface area (Å²) < 4.78 is 16.2. The van der Waals surface area contributed by atoms with E-state index < -0.39 is 5.91 Å². The van der Waals surface area contributed by atoms with Gasteiger partial charge in [0, 0.05) is 17.3 Å². The summed E-state index contributed by atoms with van der Waals surface area (Å²) in [5, 5.41) is 3.44. The van der Waals surface area contributed by atoms with Crippen LogP contribution in [-0.4, -0.2) is 30.1 Å². The Morgan fingerprint density at radius 3 is 2.32 bits per heavy atom. The van der Waals surface area contributed by atoms with Crippen LogP contribution in [0.15, 0.2) is 47.0 Å². The van der Waals surface area contributed by atoms with Gasteiger partial charge in [-0.15, -0.1) is 0 Å². The van der Waals surface area contributed by atoms with Crippen molar-refractivity contribution in [3.63, 3.8) is 0 Å². The maximum absolute atomic E-state index is 12.9. The number of pyridine rings is 1. The molecule has 4 aromatic rings. The number of ether oxygens (including phenoxy) is 2. The zero-order valence-electron chi connectivity index (χ0n) is 16.2. The quantitative estimate of drug-likeness (QED) is 0.372. The first-order valence-electron chi connectivity index (χ1n) is 8.85. The molecule has 2 aromatic carbocycles. The number of oxazole rings is 1. The molecule has 7 nitrogen and oxygen atoms in total. The average Bonchev–Trinajstić information content (AvgIpc) is 3.17. The Morgan fingerprint density at radius 1 is 1.00 bits per heavy atom. The molecule has 1 N–H and O–H groups in total. The zero-order chi connectivity index (χ0) is 22.1. The van der Waals surface area contributed by atoms with Crippen molar-refractivity contribution >= 4 is 57.6 Å². The van der Waals surface area contributed by atoms with Crippen molar-refractivity contribution in [3.05, 3.63) is 63.2 Å². The first kappa shape index (κ1) is 21.2. The highest BCUT2D eigenvalue weighted by Crippen LogP contribution is 2.39. The average molecular weight is 479 g/mol. The van der Waals surface area contributed by atoms with Gasteiger partial charge in [-0.05, 0) is 36.4 Å². The summed E-state index contributed by atoms with van der Waals surface area (Å²) >= 11 is 18.7. The number of carbonyl (C=O) groups is 1. The van der Waals surface area contributed by atoms with Crippen LogP contribution >= 0.6 is 34.8 Å². The molecular formula is C21H14Cl3N3O4. The second-order valence-electron chi connectivity index (χ2n) is 6.31. The number of anilines is 1. The van der Waals surface area contributed by atoms with Gasteiger partial charge in [0.1, 0.15) is 0 Å². The Balaban J connectivity index is 1.73. The van der Waals surface area contributed by atoms with Gasteiger partial charge in [-0.3, -0.25) is 4.79 Å². The molecule has 31 heavy (non-hydrogen) atoms. The normalized spacial score (nSPS) is 10.9. The van der Waals surface area contributed by atoms with Crippen LogP contribution in [0.4, 0.5) is 5.69 Å². The Labute approximate surface area is 191 Å². The summed E-state index contributed by atoms with van der Waals surface area (Å²) in [5.74, 6) is 0.382. The summed E-state index contributed by atoms with van der Waals surface area (Å²) in [7, 11) is 2.88. The molecule has 0 aliphatic carbocycles. The fourth-order valence-electron chi connectivity index (χ4n) is 2.99. The molecule has 0 radical (unpaired) electrons. The van der Waals surface area contributed by atoms with Crippen LogP contribution in [0.5, 0.6) is 11.5 Å². The number of hydrogen-bond donors (Lipinski definition) is 1. The lowest BCUT2D eigenvalue weighted by molar-refractivity contribution is 0.102. The predicted octanol–water partition coefficient (Wildman–Crippen LogP) is 6.12. The number of halogens is 3. The molecule has 0 spiro atoms. The fourth-order valence-corrected chi connectivity index (χ4v) is 3.93. The maximum atomic E-state index is 12.9. The molecule has 0 bridgehead atoms. The smallest absolute Gasteiger partial charge is 0.255 e. The highest BCUT2D eigenvalue weighted by Gasteiger charge is 2.19. The van der Waals surface area contributed by atoms with Crippen molar-refractivity contribution in [2.24, 2.45) is 0 Å². The number of rotatable bonds is 5. The molecule has 0 atom stereocenters. The highest BCUT2D eigenvalue weighted by atomic mass is 35.5. The van der Waals surface area contributed by atoms with E-state index in [0.717, 1.165) is 0 Å². The molecular weight excluding hydrogens is 465 g/mol. The predicted molar refractivity (Wildman–Crippen MR) is 120 cm³/mol. The molecule has 2 heterocycles. The second-order valence-corrected chi connectivity index (χ2v) is 7.53. The minimum atomic E-state index is -0.475. The Bertz CT molecular complexity index is 1250. The first-order chi connectivity index (χ1) is 14.9. The van der Waals surface area contributed by atoms with E-state index in [1.54, 1.807) is 30.5 Å². The summed E-state index contributed by atoms with van der Waals surface area (Å²) in [6.45, 7) is 0. The second kappa shape index (κ2) is 8.63. The van der Waals surface area contributed by atoms with E-state index >= 15 is 0 Å². The number of nitrogens with zero attached hydrogens (tertiary/aromatic N) is 2. The number of carbonyl (C=O) groups excluding carboxylic acids is 1. The van der Waals surface area contributed by atoms with Crippen molar-refractivity contribution in [2.45, 2.75) is 0 Å². The van der Waals surface area contributed by atoms with Gasteiger partial charge in [-0.1, -0.05) is 34.8 Å². The van der Waals surface area contributed by atoms with E-state index in [1.165, 1.54) is 26.4 Å².